The molecule has 2 rings (SSSR count). The van der Waals surface area contributed by atoms with E-state index in [1.807, 2.05) is 24.5 Å². The molecule has 0 saturated heterocycles. The number of aromatic nitrogens is 1. The molecule has 0 bridgehead atoms. The SMILES string of the molecule is CC(C)n1c(N=C=O)cc2c(F)cccc21. The second-order valence-corrected chi connectivity index (χ2v) is 3.84. The smallest absolute Gasteiger partial charge is 0.242 e. The zero-order chi connectivity index (χ0) is 11.7. The van der Waals surface area contributed by atoms with E-state index in [2.05, 4.69) is 4.99 Å². The van der Waals surface area contributed by atoms with Crippen LogP contribution in [0.5, 0.6) is 0 Å². The Morgan fingerprint density at radius 2 is 2.19 bits per heavy atom. The fourth-order valence-corrected chi connectivity index (χ4v) is 1.88. The number of hydrogen-bond donors (Lipinski definition) is 0. The summed E-state index contributed by atoms with van der Waals surface area (Å²) in [6, 6.07) is 6.51. The molecule has 0 aliphatic carbocycles. The van der Waals surface area contributed by atoms with Crippen molar-refractivity contribution in [3.8, 4) is 0 Å². The third kappa shape index (κ3) is 1.53. The summed E-state index contributed by atoms with van der Waals surface area (Å²) in [7, 11) is 0. The van der Waals surface area contributed by atoms with Gasteiger partial charge in [0, 0.05) is 11.4 Å². The highest BCUT2D eigenvalue weighted by Crippen LogP contribution is 2.30. The monoisotopic (exact) mass is 218 g/mol. The fourth-order valence-electron chi connectivity index (χ4n) is 1.88. The lowest BCUT2D eigenvalue weighted by molar-refractivity contribution is 0.564. The molecule has 3 nitrogen and oxygen atoms in total. The van der Waals surface area contributed by atoms with Gasteiger partial charge in [0.25, 0.3) is 0 Å². The van der Waals surface area contributed by atoms with Gasteiger partial charge in [0.1, 0.15) is 11.6 Å². The molecular weight excluding hydrogens is 207 g/mol. The molecular formula is C12H11FN2O. The van der Waals surface area contributed by atoms with Gasteiger partial charge in [-0.3, -0.25) is 0 Å². The van der Waals surface area contributed by atoms with Crippen molar-refractivity contribution in [1.29, 1.82) is 0 Å². The molecule has 1 aromatic heterocycles. The molecule has 0 unspecified atom stereocenters. The van der Waals surface area contributed by atoms with Gasteiger partial charge in [-0.15, -0.1) is 4.99 Å². The van der Waals surface area contributed by atoms with E-state index < -0.39 is 0 Å². The lowest BCUT2D eigenvalue weighted by Gasteiger charge is -2.10. The maximum atomic E-state index is 13.5. The highest BCUT2D eigenvalue weighted by Gasteiger charge is 2.13. The summed E-state index contributed by atoms with van der Waals surface area (Å²) in [4.78, 5) is 13.9. The Kier molecular flexibility index (Phi) is 2.59. The van der Waals surface area contributed by atoms with Crippen LogP contribution in [0.3, 0.4) is 0 Å². The minimum atomic E-state index is -0.306. The molecule has 0 atom stereocenters. The number of halogens is 1. The minimum Gasteiger partial charge on any atom is -0.322 e. The van der Waals surface area contributed by atoms with Crippen LogP contribution in [0, 0.1) is 5.82 Å². The van der Waals surface area contributed by atoms with Gasteiger partial charge < -0.3 is 4.57 Å². The molecule has 16 heavy (non-hydrogen) atoms. The van der Waals surface area contributed by atoms with Gasteiger partial charge in [0.15, 0.2) is 0 Å². The fraction of sp³-hybridized carbons (Fsp3) is 0.250. The highest BCUT2D eigenvalue weighted by atomic mass is 19.1. The van der Waals surface area contributed by atoms with Crippen LogP contribution in [-0.4, -0.2) is 10.6 Å². The van der Waals surface area contributed by atoms with Gasteiger partial charge in [-0.1, -0.05) is 6.07 Å². The zero-order valence-corrected chi connectivity index (χ0v) is 9.07. The molecule has 0 N–H and O–H groups in total. The number of benzene rings is 1. The van der Waals surface area contributed by atoms with Crippen LogP contribution in [0.1, 0.15) is 19.9 Å². The summed E-state index contributed by atoms with van der Waals surface area (Å²) in [5.74, 6) is 0.129. The molecule has 0 fully saturated rings. The zero-order valence-electron chi connectivity index (χ0n) is 9.07. The van der Waals surface area contributed by atoms with Crippen LogP contribution >= 0.6 is 0 Å². The minimum absolute atomic E-state index is 0.103. The highest BCUT2D eigenvalue weighted by molar-refractivity contribution is 5.85. The molecule has 0 spiro atoms. The standard InChI is InChI=1S/C12H11FN2O/c1-8(2)15-11-5-3-4-10(13)9(11)6-12(15)14-7-16/h3-6,8H,1-2H3. The van der Waals surface area contributed by atoms with Gasteiger partial charge in [0.05, 0.1) is 5.52 Å². The van der Waals surface area contributed by atoms with Crippen molar-refractivity contribution in [2.45, 2.75) is 19.9 Å². The van der Waals surface area contributed by atoms with Gasteiger partial charge in [-0.2, -0.15) is 0 Å². The number of rotatable bonds is 2. The van der Waals surface area contributed by atoms with Crippen molar-refractivity contribution in [1.82, 2.24) is 4.57 Å². The predicted octanol–water partition coefficient (Wildman–Crippen LogP) is 3.33. The Labute approximate surface area is 92.2 Å². The lowest BCUT2D eigenvalue weighted by Crippen LogP contribution is -1.99. The summed E-state index contributed by atoms with van der Waals surface area (Å²) >= 11 is 0. The van der Waals surface area contributed by atoms with E-state index in [4.69, 9.17) is 0 Å². The van der Waals surface area contributed by atoms with Crippen LogP contribution in [0.25, 0.3) is 10.9 Å². The van der Waals surface area contributed by atoms with Crippen molar-refractivity contribution in [2.75, 3.05) is 0 Å². The molecule has 0 radical (unpaired) electrons. The van der Waals surface area contributed by atoms with Crippen molar-refractivity contribution in [2.24, 2.45) is 4.99 Å². The summed E-state index contributed by atoms with van der Waals surface area (Å²) < 4.78 is 15.3. The number of nitrogens with zero attached hydrogens (tertiary/aromatic N) is 2. The second kappa shape index (κ2) is 3.91. The van der Waals surface area contributed by atoms with E-state index in [1.54, 1.807) is 12.1 Å². The Bertz CT molecular complexity index is 580. The maximum Gasteiger partial charge on any atom is 0.242 e. The lowest BCUT2D eigenvalue weighted by atomic mass is 10.2. The first-order valence-electron chi connectivity index (χ1n) is 5.02. The van der Waals surface area contributed by atoms with E-state index in [0.29, 0.717) is 11.2 Å². The van der Waals surface area contributed by atoms with Crippen LogP contribution in [-0.2, 0) is 4.79 Å². The normalized spacial score (nSPS) is 10.8. The summed E-state index contributed by atoms with van der Waals surface area (Å²) in [5, 5.41) is 0.477. The quantitative estimate of drug-likeness (QED) is 0.562. The largest absolute Gasteiger partial charge is 0.322 e. The first-order chi connectivity index (χ1) is 7.65. The first-order valence-corrected chi connectivity index (χ1v) is 5.02. The average Bonchev–Trinajstić information content (AvgIpc) is 2.58. The first kappa shape index (κ1) is 10.6. The van der Waals surface area contributed by atoms with Gasteiger partial charge in [0.2, 0.25) is 6.08 Å². The van der Waals surface area contributed by atoms with Crippen LogP contribution in [0.4, 0.5) is 10.2 Å². The molecule has 0 aliphatic rings. The Morgan fingerprint density at radius 1 is 1.44 bits per heavy atom. The summed E-state index contributed by atoms with van der Waals surface area (Å²) in [6.07, 6.45) is 1.49. The predicted molar refractivity (Wildman–Crippen MR) is 60.1 cm³/mol. The van der Waals surface area contributed by atoms with Crippen molar-refractivity contribution >= 4 is 22.8 Å². The number of hydrogen-bond acceptors (Lipinski definition) is 2. The third-order valence-corrected chi connectivity index (χ3v) is 2.49. The third-order valence-electron chi connectivity index (χ3n) is 2.49. The van der Waals surface area contributed by atoms with Gasteiger partial charge in [-0.25, -0.2) is 9.18 Å². The van der Waals surface area contributed by atoms with E-state index in [1.165, 1.54) is 12.1 Å². The molecule has 0 aliphatic heterocycles. The van der Waals surface area contributed by atoms with Crippen LogP contribution in [0.2, 0.25) is 0 Å². The number of fused-ring (bicyclic) bond motifs is 1. The summed E-state index contributed by atoms with van der Waals surface area (Å²) in [5.41, 5.74) is 0.740. The molecule has 82 valence electrons. The van der Waals surface area contributed by atoms with Crippen LogP contribution in [0.15, 0.2) is 29.3 Å². The molecule has 4 heteroatoms. The maximum absolute atomic E-state index is 13.5. The van der Waals surface area contributed by atoms with E-state index in [9.17, 15) is 9.18 Å². The Hall–Kier alpha value is -1.93. The molecule has 0 saturated carbocycles. The molecule has 2 aromatic rings. The van der Waals surface area contributed by atoms with Crippen LogP contribution < -0.4 is 0 Å². The van der Waals surface area contributed by atoms with Crippen molar-refractivity contribution in [3.63, 3.8) is 0 Å². The molecule has 1 aromatic carbocycles. The molecule has 1 heterocycles. The van der Waals surface area contributed by atoms with Crippen molar-refractivity contribution < 1.29 is 9.18 Å². The molecule has 0 amide bonds. The van der Waals surface area contributed by atoms with E-state index >= 15 is 0 Å². The van der Waals surface area contributed by atoms with Gasteiger partial charge >= 0.3 is 0 Å². The average molecular weight is 218 g/mol. The number of isocyanates is 1. The Balaban J connectivity index is 2.86. The van der Waals surface area contributed by atoms with E-state index in [0.717, 1.165) is 5.52 Å². The van der Waals surface area contributed by atoms with E-state index in [-0.39, 0.29) is 11.9 Å². The number of aliphatic imine (C=N–C) groups is 1. The second-order valence-electron chi connectivity index (χ2n) is 3.84. The topological polar surface area (TPSA) is 34.4 Å². The van der Waals surface area contributed by atoms with Gasteiger partial charge in [-0.05, 0) is 32.0 Å². The van der Waals surface area contributed by atoms with Crippen molar-refractivity contribution in [3.05, 3.63) is 30.1 Å². The summed E-state index contributed by atoms with van der Waals surface area (Å²) in [6.45, 7) is 3.91. The Morgan fingerprint density at radius 3 is 2.81 bits per heavy atom. The number of carbonyl (C=O) groups excluding carboxylic acids is 1.